The highest BCUT2D eigenvalue weighted by Crippen LogP contribution is 2.15. The standard InChI is InChI=1S/C21H21Cl2N5O/c22-18-5-1-16(2-6-18)13-26-9-11-27(12-10-26)20-24-15-28(21(29)25-20)14-17-3-7-19(23)8-4-17/h1-8,15H,9-14H2. The molecule has 1 saturated heterocycles. The Balaban J connectivity index is 1.36. The summed E-state index contributed by atoms with van der Waals surface area (Å²) in [5.74, 6) is 0.494. The van der Waals surface area contributed by atoms with Crippen LogP contribution in [0.4, 0.5) is 5.95 Å². The van der Waals surface area contributed by atoms with E-state index >= 15 is 0 Å². The zero-order valence-corrected chi connectivity index (χ0v) is 17.4. The van der Waals surface area contributed by atoms with Crippen LogP contribution in [-0.2, 0) is 13.1 Å². The van der Waals surface area contributed by atoms with Crippen LogP contribution in [0.3, 0.4) is 0 Å². The van der Waals surface area contributed by atoms with Gasteiger partial charge in [-0.3, -0.25) is 9.47 Å². The Bertz CT molecular complexity index is 1010. The quantitative estimate of drug-likeness (QED) is 0.622. The summed E-state index contributed by atoms with van der Waals surface area (Å²) < 4.78 is 1.50. The maximum atomic E-state index is 12.4. The fourth-order valence-corrected chi connectivity index (χ4v) is 3.60. The molecule has 8 heteroatoms. The van der Waals surface area contributed by atoms with Gasteiger partial charge in [-0.1, -0.05) is 47.5 Å². The van der Waals surface area contributed by atoms with E-state index in [1.165, 1.54) is 10.1 Å². The molecule has 150 valence electrons. The number of nitrogens with zero attached hydrogens (tertiary/aromatic N) is 5. The van der Waals surface area contributed by atoms with E-state index in [0.717, 1.165) is 43.3 Å². The third kappa shape index (κ3) is 5.15. The van der Waals surface area contributed by atoms with Crippen molar-refractivity contribution in [2.75, 3.05) is 31.1 Å². The van der Waals surface area contributed by atoms with Crippen molar-refractivity contribution >= 4 is 29.2 Å². The molecule has 2 aromatic carbocycles. The minimum absolute atomic E-state index is 0.298. The van der Waals surface area contributed by atoms with Crippen LogP contribution >= 0.6 is 23.2 Å². The first-order valence-electron chi connectivity index (χ1n) is 9.46. The van der Waals surface area contributed by atoms with Gasteiger partial charge in [0, 0.05) is 42.8 Å². The maximum absolute atomic E-state index is 12.4. The Hall–Kier alpha value is -2.41. The second kappa shape index (κ2) is 8.95. The van der Waals surface area contributed by atoms with Gasteiger partial charge in [-0.15, -0.1) is 0 Å². The first-order valence-corrected chi connectivity index (χ1v) is 10.2. The Morgan fingerprint density at radius 1 is 0.793 bits per heavy atom. The number of hydrogen-bond acceptors (Lipinski definition) is 5. The van der Waals surface area contributed by atoms with E-state index in [-0.39, 0.29) is 5.69 Å². The van der Waals surface area contributed by atoms with Gasteiger partial charge in [0.15, 0.2) is 0 Å². The van der Waals surface area contributed by atoms with Gasteiger partial charge in [-0.2, -0.15) is 4.98 Å². The number of aromatic nitrogens is 3. The molecule has 1 aromatic heterocycles. The molecule has 4 rings (SSSR count). The van der Waals surface area contributed by atoms with Crippen molar-refractivity contribution in [3.05, 3.63) is 86.5 Å². The van der Waals surface area contributed by atoms with Crippen molar-refractivity contribution in [3.8, 4) is 0 Å². The van der Waals surface area contributed by atoms with Crippen LogP contribution in [0.25, 0.3) is 0 Å². The van der Waals surface area contributed by atoms with Gasteiger partial charge in [-0.25, -0.2) is 9.78 Å². The highest BCUT2D eigenvalue weighted by molar-refractivity contribution is 6.30. The molecule has 0 saturated carbocycles. The summed E-state index contributed by atoms with van der Waals surface area (Å²) in [5, 5.41) is 1.42. The molecule has 0 atom stereocenters. The summed E-state index contributed by atoms with van der Waals surface area (Å²) in [7, 11) is 0. The second-order valence-electron chi connectivity index (χ2n) is 7.08. The topological polar surface area (TPSA) is 54.3 Å². The lowest BCUT2D eigenvalue weighted by atomic mass is 10.2. The van der Waals surface area contributed by atoms with E-state index in [4.69, 9.17) is 23.2 Å². The highest BCUT2D eigenvalue weighted by atomic mass is 35.5. The summed E-state index contributed by atoms with van der Waals surface area (Å²) in [6.07, 6.45) is 1.57. The summed E-state index contributed by atoms with van der Waals surface area (Å²) in [6, 6.07) is 15.3. The zero-order valence-electron chi connectivity index (χ0n) is 15.8. The fourth-order valence-electron chi connectivity index (χ4n) is 3.35. The summed E-state index contributed by atoms with van der Waals surface area (Å²) in [5.41, 5.74) is 1.92. The Morgan fingerprint density at radius 2 is 1.34 bits per heavy atom. The molecule has 0 N–H and O–H groups in total. The summed E-state index contributed by atoms with van der Waals surface area (Å²) in [6.45, 7) is 4.65. The molecule has 0 unspecified atom stereocenters. The molecular weight excluding hydrogens is 409 g/mol. The van der Waals surface area contributed by atoms with Crippen LogP contribution in [0, 0.1) is 0 Å². The minimum Gasteiger partial charge on any atom is -0.338 e. The number of hydrogen-bond donors (Lipinski definition) is 0. The van der Waals surface area contributed by atoms with Crippen molar-refractivity contribution in [2.45, 2.75) is 13.1 Å². The number of benzene rings is 2. The van der Waals surface area contributed by atoms with Gasteiger partial charge >= 0.3 is 5.69 Å². The van der Waals surface area contributed by atoms with Gasteiger partial charge < -0.3 is 4.90 Å². The molecule has 3 aromatic rings. The van der Waals surface area contributed by atoms with Crippen LogP contribution < -0.4 is 10.6 Å². The van der Waals surface area contributed by atoms with Crippen molar-refractivity contribution in [1.29, 1.82) is 0 Å². The summed E-state index contributed by atoms with van der Waals surface area (Å²) >= 11 is 11.9. The third-order valence-corrected chi connectivity index (χ3v) is 5.50. The van der Waals surface area contributed by atoms with Crippen LogP contribution in [0.2, 0.25) is 10.0 Å². The lowest BCUT2D eigenvalue weighted by Crippen LogP contribution is -2.47. The third-order valence-electron chi connectivity index (χ3n) is 4.99. The molecule has 0 amide bonds. The van der Waals surface area contributed by atoms with Crippen molar-refractivity contribution in [2.24, 2.45) is 0 Å². The van der Waals surface area contributed by atoms with Crippen LogP contribution in [0.5, 0.6) is 0 Å². The molecular formula is C21H21Cl2N5O. The number of rotatable bonds is 5. The van der Waals surface area contributed by atoms with E-state index in [2.05, 4.69) is 31.9 Å². The van der Waals surface area contributed by atoms with E-state index in [1.807, 2.05) is 24.3 Å². The number of anilines is 1. The molecule has 0 radical (unpaired) electrons. The average Bonchev–Trinajstić information content (AvgIpc) is 2.73. The first-order chi connectivity index (χ1) is 14.1. The largest absolute Gasteiger partial charge is 0.352 e. The zero-order chi connectivity index (χ0) is 20.2. The molecule has 0 bridgehead atoms. The monoisotopic (exact) mass is 429 g/mol. The predicted octanol–water partition coefficient (Wildman–Crippen LogP) is 3.32. The van der Waals surface area contributed by atoms with Crippen LogP contribution in [0.1, 0.15) is 11.1 Å². The molecule has 0 spiro atoms. The van der Waals surface area contributed by atoms with E-state index in [9.17, 15) is 4.79 Å². The molecule has 1 aliphatic heterocycles. The highest BCUT2D eigenvalue weighted by Gasteiger charge is 2.19. The van der Waals surface area contributed by atoms with Gasteiger partial charge in [0.25, 0.3) is 0 Å². The van der Waals surface area contributed by atoms with Gasteiger partial charge in [0.1, 0.15) is 6.33 Å². The second-order valence-corrected chi connectivity index (χ2v) is 7.96. The Labute approximate surface area is 179 Å². The predicted molar refractivity (Wildman–Crippen MR) is 116 cm³/mol. The number of halogens is 2. The molecule has 1 aliphatic rings. The lowest BCUT2D eigenvalue weighted by molar-refractivity contribution is 0.248. The van der Waals surface area contributed by atoms with E-state index < -0.39 is 0 Å². The van der Waals surface area contributed by atoms with Crippen molar-refractivity contribution in [1.82, 2.24) is 19.4 Å². The SMILES string of the molecule is O=c1nc(N2CCN(Cc3ccc(Cl)cc3)CC2)ncn1Cc1ccc(Cl)cc1. The lowest BCUT2D eigenvalue weighted by Gasteiger charge is -2.34. The van der Waals surface area contributed by atoms with Gasteiger partial charge in [-0.05, 0) is 35.4 Å². The van der Waals surface area contributed by atoms with Crippen LogP contribution in [0.15, 0.2) is 59.7 Å². The molecule has 2 heterocycles. The Morgan fingerprint density at radius 3 is 1.90 bits per heavy atom. The molecule has 1 fully saturated rings. The average molecular weight is 430 g/mol. The van der Waals surface area contributed by atoms with Crippen molar-refractivity contribution < 1.29 is 0 Å². The fraction of sp³-hybridized carbons (Fsp3) is 0.286. The van der Waals surface area contributed by atoms with Gasteiger partial charge in [0.2, 0.25) is 5.95 Å². The number of piperazine rings is 1. The smallest absolute Gasteiger partial charge is 0.338 e. The van der Waals surface area contributed by atoms with Crippen molar-refractivity contribution in [3.63, 3.8) is 0 Å². The molecule has 0 aliphatic carbocycles. The Kier molecular flexibility index (Phi) is 6.13. The van der Waals surface area contributed by atoms with E-state index in [1.54, 1.807) is 18.5 Å². The summed E-state index contributed by atoms with van der Waals surface area (Å²) in [4.78, 5) is 25.5. The van der Waals surface area contributed by atoms with E-state index in [0.29, 0.717) is 17.5 Å². The maximum Gasteiger partial charge on any atom is 0.352 e. The van der Waals surface area contributed by atoms with Gasteiger partial charge in [0.05, 0.1) is 6.54 Å². The normalized spacial score (nSPS) is 14.9. The first kappa shape index (κ1) is 19.9. The van der Waals surface area contributed by atoms with Crippen LogP contribution in [-0.4, -0.2) is 45.6 Å². The molecule has 29 heavy (non-hydrogen) atoms. The minimum atomic E-state index is -0.298. The molecule has 6 nitrogen and oxygen atoms in total.